The SMILES string of the molecule is CCCCc1c(C)nc(N/N=C(/C)c2cccc([N+](=O)[O-])c2)[nH]c1=O. The van der Waals surface area contributed by atoms with Crippen LogP contribution in [-0.2, 0) is 6.42 Å². The summed E-state index contributed by atoms with van der Waals surface area (Å²) in [6.07, 6.45) is 2.63. The van der Waals surface area contributed by atoms with Gasteiger partial charge >= 0.3 is 0 Å². The van der Waals surface area contributed by atoms with Crippen molar-refractivity contribution in [3.63, 3.8) is 0 Å². The van der Waals surface area contributed by atoms with Gasteiger partial charge in [-0.15, -0.1) is 0 Å². The van der Waals surface area contributed by atoms with E-state index in [1.807, 2.05) is 0 Å². The molecule has 0 spiro atoms. The summed E-state index contributed by atoms with van der Waals surface area (Å²) in [5, 5.41) is 15.0. The number of nitro groups is 1. The molecule has 2 N–H and O–H groups in total. The van der Waals surface area contributed by atoms with Crippen LogP contribution in [0, 0.1) is 17.0 Å². The van der Waals surface area contributed by atoms with Crippen LogP contribution >= 0.6 is 0 Å². The molecule has 0 radical (unpaired) electrons. The second kappa shape index (κ2) is 8.18. The number of hydrogen-bond donors (Lipinski definition) is 2. The molecule has 0 aliphatic rings. The predicted molar refractivity (Wildman–Crippen MR) is 97.1 cm³/mol. The Kier molecular flexibility index (Phi) is 5.99. The molecule has 1 aromatic carbocycles. The van der Waals surface area contributed by atoms with Crippen LogP contribution in [-0.4, -0.2) is 20.6 Å². The Hall–Kier alpha value is -3.03. The molecule has 0 saturated carbocycles. The van der Waals surface area contributed by atoms with Crippen molar-refractivity contribution in [1.29, 1.82) is 0 Å². The van der Waals surface area contributed by atoms with E-state index in [0.29, 0.717) is 29.0 Å². The number of hydrazone groups is 1. The van der Waals surface area contributed by atoms with E-state index in [1.165, 1.54) is 12.1 Å². The minimum absolute atomic E-state index is 0.00490. The Morgan fingerprint density at radius 2 is 2.20 bits per heavy atom. The van der Waals surface area contributed by atoms with Gasteiger partial charge in [0.2, 0.25) is 5.95 Å². The zero-order valence-corrected chi connectivity index (χ0v) is 14.5. The fourth-order valence-corrected chi connectivity index (χ4v) is 2.36. The first-order valence-electron chi connectivity index (χ1n) is 8.07. The molecular formula is C17H21N5O3. The molecule has 0 unspecified atom stereocenters. The van der Waals surface area contributed by atoms with E-state index < -0.39 is 4.92 Å². The lowest BCUT2D eigenvalue weighted by atomic mass is 10.1. The van der Waals surface area contributed by atoms with Crippen LogP contribution in [0.15, 0.2) is 34.2 Å². The number of hydrogen-bond acceptors (Lipinski definition) is 6. The highest BCUT2D eigenvalue weighted by molar-refractivity contribution is 5.99. The highest BCUT2D eigenvalue weighted by atomic mass is 16.6. The van der Waals surface area contributed by atoms with Crippen LogP contribution < -0.4 is 11.0 Å². The van der Waals surface area contributed by atoms with Gasteiger partial charge in [0.15, 0.2) is 0 Å². The lowest BCUT2D eigenvalue weighted by Crippen LogP contribution is -2.18. The van der Waals surface area contributed by atoms with Crippen LogP contribution in [0.4, 0.5) is 11.6 Å². The van der Waals surface area contributed by atoms with E-state index in [0.717, 1.165) is 12.8 Å². The molecule has 1 aromatic heterocycles. The standard InChI is InChI=1S/C17H21N5O3/c1-4-5-9-15-12(3)18-17(19-16(15)23)21-20-11(2)13-7-6-8-14(10-13)22(24)25/h6-8,10H,4-5,9H2,1-3H3,(H2,18,19,21,23)/b20-11-. The van der Waals surface area contributed by atoms with E-state index in [-0.39, 0.29) is 17.2 Å². The minimum atomic E-state index is -0.457. The number of nitrogens with zero attached hydrogens (tertiary/aromatic N) is 3. The summed E-state index contributed by atoms with van der Waals surface area (Å²) < 4.78 is 0. The number of aromatic amines is 1. The Morgan fingerprint density at radius 3 is 2.84 bits per heavy atom. The zero-order chi connectivity index (χ0) is 18.4. The number of aryl methyl sites for hydroxylation is 1. The number of nitrogens with one attached hydrogen (secondary N) is 2. The number of unbranched alkanes of at least 4 members (excludes halogenated alkanes) is 1. The highest BCUT2D eigenvalue weighted by Crippen LogP contribution is 2.14. The molecule has 0 aliphatic carbocycles. The van der Waals surface area contributed by atoms with Gasteiger partial charge in [-0.1, -0.05) is 25.5 Å². The summed E-state index contributed by atoms with van der Waals surface area (Å²) in [5.41, 5.74) is 5.04. The third-order valence-corrected chi connectivity index (χ3v) is 3.81. The number of aromatic nitrogens is 2. The normalized spacial score (nSPS) is 11.4. The molecule has 0 fully saturated rings. The monoisotopic (exact) mass is 343 g/mol. The first kappa shape index (κ1) is 18.3. The molecule has 0 saturated heterocycles. The Morgan fingerprint density at radius 1 is 1.44 bits per heavy atom. The molecule has 25 heavy (non-hydrogen) atoms. The average molecular weight is 343 g/mol. The molecule has 0 atom stereocenters. The predicted octanol–water partition coefficient (Wildman–Crippen LogP) is 3.17. The number of nitro benzene ring substituents is 1. The average Bonchev–Trinajstić information content (AvgIpc) is 2.59. The van der Waals surface area contributed by atoms with Crippen LogP contribution in [0.5, 0.6) is 0 Å². The highest BCUT2D eigenvalue weighted by Gasteiger charge is 2.09. The molecule has 1 heterocycles. The summed E-state index contributed by atoms with van der Waals surface area (Å²) >= 11 is 0. The molecule has 0 amide bonds. The molecule has 2 rings (SSSR count). The van der Waals surface area contributed by atoms with Gasteiger partial charge in [0, 0.05) is 29.0 Å². The number of non-ortho nitro benzene ring substituents is 1. The number of anilines is 1. The molecular weight excluding hydrogens is 322 g/mol. The quantitative estimate of drug-likeness (QED) is 0.455. The van der Waals surface area contributed by atoms with E-state index in [1.54, 1.807) is 26.0 Å². The fourth-order valence-electron chi connectivity index (χ4n) is 2.36. The summed E-state index contributed by atoms with van der Waals surface area (Å²) in [6.45, 7) is 5.58. The molecule has 8 heteroatoms. The van der Waals surface area contributed by atoms with Crippen molar-refractivity contribution in [2.75, 3.05) is 5.43 Å². The second-order valence-corrected chi connectivity index (χ2v) is 5.70. The topological polar surface area (TPSA) is 113 Å². The van der Waals surface area contributed by atoms with Crippen molar-refractivity contribution in [2.24, 2.45) is 5.10 Å². The van der Waals surface area contributed by atoms with Crippen LogP contribution in [0.25, 0.3) is 0 Å². The van der Waals surface area contributed by atoms with E-state index in [4.69, 9.17) is 0 Å². The third kappa shape index (κ3) is 4.72. The maximum atomic E-state index is 12.1. The van der Waals surface area contributed by atoms with Gasteiger partial charge in [0.25, 0.3) is 11.2 Å². The number of H-pyrrole nitrogens is 1. The lowest BCUT2D eigenvalue weighted by Gasteiger charge is -2.07. The van der Waals surface area contributed by atoms with Crippen LogP contribution in [0.3, 0.4) is 0 Å². The Balaban J connectivity index is 2.19. The van der Waals surface area contributed by atoms with Gasteiger partial charge < -0.3 is 0 Å². The zero-order valence-electron chi connectivity index (χ0n) is 14.5. The van der Waals surface area contributed by atoms with Crippen LogP contribution in [0.1, 0.15) is 43.5 Å². The largest absolute Gasteiger partial charge is 0.291 e. The number of benzene rings is 1. The first-order valence-corrected chi connectivity index (χ1v) is 8.07. The van der Waals surface area contributed by atoms with Crippen molar-refractivity contribution in [3.8, 4) is 0 Å². The van der Waals surface area contributed by atoms with Gasteiger partial charge in [-0.05, 0) is 26.7 Å². The lowest BCUT2D eigenvalue weighted by molar-refractivity contribution is -0.384. The first-order chi connectivity index (χ1) is 11.9. The Bertz CT molecular complexity index is 858. The molecule has 0 bridgehead atoms. The van der Waals surface area contributed by atoms with Crippen molar-refractivity contribution in [3.05, 3.63) is 61.6 Å². The van der Waals surface area contributed by atoms with Crippen LogP contribution in [0.2, 0.25) is 0 Å². The summed E-state index contributed by atoms with van der Waals surface area (Å²) in [4.78, 5) is 29.5. The molecule has 2 aromatic rings. The van der Waals surface area contributed by atoms with Crippen molar-refractivity contribution >= 4 is 17.3 Å². The summed E-state index contributed by atoms with van der Waals surface area (Å²) in [6, 6.07) is 6.18. The van der Waals surface area contributed by atoms with Gasteiger partial charge in [0.1, 0.15) is 0 Å². The van der Waals surface area contributed by atoms with E-state index >= 15 is 0 Å². The van der Waals surface area contributed by atoms with E-state index in [9.17, 15) is 14.9 Å². The summed E-state index contributed by atoms with van der Waals surface area (Å²) in [7, 11) is 0. The molecule has 132 valence electrons. The fraction of sp³-hybridized carbons (Fsp3) is 0.353. The van der Waals surface area contributed by atoms with Crippen molar-refractivity contribution < 1.29 is 4.92 Å². The van der Waals surface area contributed by atoms with Gasteiger partial charge in [-0.2, -0.15) is 5.10 Å². The van der Waals surface area contributed by atoms with Gasteiger partial charge in [0.05, 0.1) is 10.6 Å². The number of rotatable bonds is 7. The van der Waals surface area contributed by atoms with Gasteiger partial charge in [-0.3, -0.25) is 19.9 Å². The molecule has 8 nitrogen and oxygen atoms in total. The maximum absolute atomic E-state index is 12.1. The van der Waals surface area contributed by atoms with E-state index in [2.05, 4.69) is 27.4 Å². The van der Waals surface area contributed by atoms with Crippen molar-refractivity contribution in [2.45, 2.75) is 40.0 Å². The third-order valence-electron chi connectivity index (χ3n) is 3.81. The van der Waals surface area contributed by atoms with Gasteiger partial charge in [-0.25, -0.2) is 10.4 Å². The second-order valence-electron chi connectivity index (χ2n) is 5.70. The summed E-state index contributed by atoms with van der Waals surface area (Å²) in [5.74, 6) is 0.243. The van der Waals surface area contributed by atoms with Crippen molar-refractivity contribution in [1.82, 2.24) is 9.97 Å². The molecule has 0 aliphatic heterocycles. The maximum Gasteiger partial charge on any atom is 0.270 e. The minimum Gasteiger partial charge on any atom is -0.291 e. The Labute approximate surface area is 145 Å². The smallest absolute Gasteiger partial charge is 0.270 e.